The molecule has 0 amide bonds. The maximum absolute atomic E-state index is 5.71. The van der Waals surface area contributed by atoms with Gasteiger partial charge in [-0.1, -0.05) is 11.3 Å². The molecule has 3 rings (SSSR count). The summed E-state index contributed by atoms with van der Waals surface area (Å²) in [5.41, 5.74) is 7.64. The molecule has 13 heavy (non-hydrogen) atoms. The first kappa shape index (κ1) is 6.91. The van der Waals surface area contributed by atoms with Gasteiger partial charge < -0.3 is 5.73 Å². The lowest BCUT2D eigenvalue weighted by molar-refractivity contribution is 1.30. The summed E-state index contributed by atoms with van der Waals surface area (Å²) in [5, 5.41) is 0. The highest BCUT2D eigenvalue weighted by Gasteiger charge is 2.03. The Morgan fingerprint density at radius 1 is 1.38 bits per heavy atom. The van der Waals surface area contributed by atoms with E-state index in [-0.39, 0.29) is 0 Å². The van der Waals surface area contributed by atoms with E-state index in [1.54, 1.807) is 17.5 Å². The number of thiazole rings is 1. The van der Waals surface area contributed by atoms with Crippen LogP contribution < -0.4 is 5.73 Å². The van der Waals surface area contributed by atoms with Crippen molar-refractivity contribution in [3.8, 4) is 0 Å². The average Bonchev–Trinajstić information content (AvgIpc) is 2.64. The summed E-state index contributed by atoms with van der Waals surface area (Å²) in [6, 6.07) is 5.92. The van der Waals surface area contributed by atoms with Crippen molar-refractivity contribution in [3.05, 3.63) is 30.6 Å². The van der Waals surface area contributed by atoms with Gasteiger partial charge in [0, 0.05) is 18.1 Å². The average molecular weight is 189 g/mol. The third-order valence-corrected chi connectivity index (χ3v) is 3.10. The molecule has 0 aliphatic rings. The van der Waals surface area contributed by atoms with Crippen molar-refractivity contribution in [1.29, 1.82) is 0 Å². The fourth-order valence-corrected chi connectivity index (χ4v) is 2.42. The maximum atomic E-state index is 5.71. The Morgan fingerprint density at radius 2 is 2.31 bits per heavy atom. The Kier molecular flexibility index (Phi) is 1.19. The van der Waals surface area contributed by atoms with Gasteiger partial charge in [0.15, 0.2) is 4.96 Å². The van der Waals surface area contributed by atoms with Crippen molar-refractivity contribution in [1.82, 2.24) is 9.38 Å². The van der Waals surface area contributed by atoms with Crippen molar-refractivity contribution < 1.29 is 0 Å². The van der Waals surface area contributed by atoms with E-state index < -0.39 is 0 Å². The molecule has 0 aliphatic carbocycles. The van der Waals surface area contributed by atoms with E-state index in [1.807, 2.05) is 24.4 Å². The highest BCUT2D eigenvalue weighted by Crippen LogP contribution is 2.26. The minimum absolute atomic E-state index is 0.793. The molecule has 0 fully saturated rings. The normalized spacial score (nSPS) is 11.4. The van der Waals surface area contributed by atoms with E-state index >= 15 is 0 Å². The Hall–Kier alpha value is -1.55. The van der Waals surface area contributed by atoms with Crippen molar-refractivity contribution in [2.75, 3.05) is 5.73 Å². The second kappa shape index (κ2) is 2.23. The molecule has 0 bridgehead atoms. The van der Waals surface area contributed by atoms with Crippen molar-refractivity contribution in [2.24, 2.45) is 0 Å². The Bertz CT molecular complexity index is 579. The molecular weight excluding hydrogens is 182 g/mol. The summed E-state index contributed by atoms with van der Waals surface area (Å²) in [7, 11) is 0. The standard InChI is InChI=1S/C9H7N3S/c10-6-1-2-8-7(5-6)12-4-3-11-9(12)13-8/h1-5H,10H2. The van der Waals surface area contributed by atoms with Gasteiger partial charge in [0.1, 0.15) is 0 Å². The van der Waals surface area contributed by atoms with Crippen LogP contribution in [0.25, 0.3) is 15.2 Å². The van der Waals surface area contributed by atoms with Crippen LogP contribution in [-0.4, -0.2) is 9.38 Å². The molecule has 2 N–H and O–H groups in total. The van der Waals surface area contributed by atoms with Gasteiger partial charge in [-0.15, -0.1) is 0 Å². The number of benzene rings is 1. The van der Waals surface area contributed by atoms with Gasteiger partial charge in [-0.2, -0.15) is 0 Å². The van der Waals surface area contributed by atoms with Crippen molar-refractivity contribution >= 4 is 32.2 Å². The lowest BCUT2D eigenvalue weighted by atomic mass is 10.3. The van der Waals surface area contributed by atoms with Gasteiger partial charge in [0.2, 0.25) is 0 Å². The largest absolute Gasteiger partial charge is 0.399 e. The minimum atomic E-state index is 0.793. The first-order valence-corrected chi connectivity index (χ1v) is 4.77. The van der Waals surface area contributed by atoms with E-state index in [4.69, 9.17) is 5.73 Å². The first-order chi connectivity index (χ1) is 6.34. The number of hydrogen-bond donors (Lipinski definition) is 1. The monoisotopic (exact) mass is 189 g/mol. The number of nitrogens with two attached hydrogens (primary N) is 1. The number of rotatable bonds is 0. The predicted octanol–water partition coefficient (Wildman–Crippen LogP) is 2.13. The van der Waals surface area contributed by atoms with Crippen LogP contribution in [0.3, 0.4) is 0 Å². The number of nitrogen functional groups attached to an aromatic ring is 1. The molecule has 0 aliphatic heterocycles. The SMILES string of the molecule is Nc1ccc2sc3nccn3c2c1. The summed E-state index contributed by atoms with van der Waals surface area (Å²) >= 11 is 1.67. The Labute approximate surface area is 78.4 Å². The highest BCUT2D eigenvalue weighted by molar-refractivity contribution is 7.23. The smallest absolute Gasteiger partial charge is 0.194 e. The van der Waals surface area contributed by atoms with Crippen molar-refractivity contribution in [3.63, 3.8) is 0 Å². The van der Waals surface area contributed by atoms with Gasteiger partial charge in [0.25, 0.3) is 0 Å². The second-order valence-electron chi connectivity index (χ2n) is 2.91. The molecule has 0 spiro atoms. The Morgan fingerprint density at radius 3 is 3.23 bits per heavy atom. The molecular formula is C9H7N3S. The third-order valence-electron chi connectivity index (χ3n) is 2.05. The van der Waals surface area contributed by atoms with Crippen molar-refractivity contribution in [2.45, 2.75) is 0 Å². The Balaban J connectivity index is 2.61. The van der Waals surface area contributed by atoms with Gasteiger partial charge in [-0.3, -0.25) is 4.40 Å². The zero-order valence-electron chi connectivity index (χ0n) is 6.77. The van der Waals surface area contributed by atoms with Crippen LogP contribution in [0.1, 0.15) is 0 Å². The summed E-state index contributed by atoms with van der Waals surface area (Å²) in [4.78, 5) is 5.24. The van der Waals surface area contributed by atoms with Crippen LogP contribution in [-0.2, 0) is 0 Å². The van der Waals surface area contributed by atoms with Gasteiger partial charge in [-0.25, -0.2) is 4.98 Å². The molecule has 0 radical (unpaired) electrons. The van der Waals surface area contributed by atoms with Gasteiger partial charge in [-0.05, 0) is 18.2 Å². The number of hydrogen-bond acceptors (Lipinski definition) is 3. The lowest BCUT2D eigenvalue weighted by Crippen LogP contribution is -1.84. The van der Waals surface area contributed by atoms with Crippen LogP contribution in [0, 0.1) is 0 Å². The number of fused-ring (bicyclic) bond motifs is 3. The molecule has 3 nitrogen and oxygen atoms in total. The predicted molar refractivity (Wildman–Crippen MR) is 55.0 cm³/mol. The zero-order chi connectivity index (χ0) is 8.84. The molecule has 2 heterocycles. The van der Waals surface area contributed by atoms with Crippen LogP contribution in [0.4, 0.5) is 5.69 Å². The topological polar surface area (TPSA) is 43.3 Å². The number of nitrogens with zero attached hydrogens (tertiary/aromatic N) is 2. The number of aromatic nitrogens is 2. The maximum Gasteiger partial charge on any atom is 0.194 e. The van der Waals surface area contributed by atoms with E-state index in [9.17, 15) is 0 Å². The molecule has 4 heteroatoms. The van der Waals surface area contributed by atoms with Crippen LogP contribution >= 0.6 is 11.3 Å². The van der Waals surface area contributed by atoms with E-state index in [1.165, 1.54) is 4.70 Å². The van der Waals surface area contributed by atoms with Crippen LogP contribution in [0.5, 0.6) is 0 Å². The van der Waals surface area contributed by atoms with Gasteiger partial charge in [0.05, 0.1) is 10.2 Å². The highest BCUT2D eigenvalue weighted by atomic mass is 32.1. The number of imidazole rings is 1. The minimum Gasteiger partial charge on any atom is -0.399 e. The summed E-state index contributed by atoms with van der Waals surface area (Å²) in [6.45, 7) is 0. The molecule has 0 saturated heterocycles. The lowest BCUT2D eigenvalue weighted by Gasteiger charge is -1.92. The molecule has 3 aromatic rings. The number of anilines is 1. The van der Waals surface area contributed by atoms with E-state index in [2.05, 4.69) is 9.38 Å². The molecule has 0 unspecified atom stereocenters. The van der Waals surface area contributed by atoms with E-state index in [0.717, 1.165) is 16.2 Å². The summed E-state index contributed by atoms with van der Waals surface area (Å²) < 4.78 is 3.27. The molecule has 1 aromatic carbocycles. The summed E-state index contributed by atoms with van der Waals surface area (Å²) in [5.74, 6) is 0. The quantitative estimate of drug-likeness (QED) is 0.550. The first-order valence-electron chi connectivity index (χ1n) is 3.96. The fourth-order valence-electron chi connectivity index (χ4n) is 1.46. The van der Waals surface area contributed by atoms with Gasteiger partial charge >= 0.3 is 0 Å². The van der Waals surface area contributed by atoms with Crippen LogP contribution in [0.2, 0.25) is 0 Å². The summed E-state index contributed by atoms with van der Waals surface area (Å²) in [6.07, 6.45) is 3.75. The molecule has 0 saturated carbocycles. The fraction of sp³-hybridized carbons (Fsp3) is 0. The zero-order valence-corrected chi connectivity index (χ0v) is 7.58. The van der Waals surface area contributed by atoms with Crippen LogP contribution in [0.15, 0.2) is 30.6 Å². The molecule has 64 valence electrons. The molecule has 2 aromatic heterocycles. The third kappa shape index (κ3) is 0.860. The molecule has 0 atom stereocenters. The second-order valence-corrected chi connectivity index (χ2v) is 3.92. The van der Waals surface area contributed by atoms with E-state index in [0.29, 0.717) is 0 Å².